The number of rotatable bonds is 5. The van der Waals surface area contributed by atoms with Crippen molar-refractivity contribution in [1.29, 1.82) is 0 Å². The Bertz CT molecular complexity index is 809. The molecule has 1 saturated heterocycles. The molecule has 0 unspecified atom stereocenters. The lowest BCUT2D eigenvalue weighted by molar-refractivity contribution is -0.127. The topological polar surface area (TPSA) is 72.6 Å². The average molecular weight is 350 g/mol. The van der Waals surface area contributed by atoms with Crippen molar-refractivity contribution in [1.82, 2.24) is 4.90 Å². The molecular weight excluding hydrogens is 328 g/mol. The molecule has 1 heterocycles. The van der Waals surface area contributed by atoms with Gasteiger partial charge >= 0.3 is 0 Å². The van der Waals surface area contributed by atoms with E-state index in [1.807, 2.05) is 36.4 Å². The number of hydrogen-bond donors (Lipinski definition) is 1. The summed E-state index contributed by atoms with van der Waals surface area (Å²) in [6.07, 6.45) is 2.69. The normalized spacial score (nSPS) is 14.7. The van der Waals surface area contributed by atoms with Crippen LogP contribution in [-0.4, -0.2) is 35.9 Å². The van der Waals surface area contributed by atoms with Crippen LogP contribution in [0.25, 0.3) is 11.1 Å². The van der Waals surface area contributed by atoms with E-state index in [4.69, 9.17) is 10.5 Å². The minimum atomic E-state index is -0.517. The lowest BCUT2D eigenvalue weighted by Gasteiger charge is -2.31. The number of likely N-dealkylation sites (tertiary alicyclic amines) is 1. The molecule has 0 radical (unpaired) electrons. The van der Waals surface area contributed by atoms with Crippen LogP contribution in [-0.2, 0) is 4.79 Å². The minimum absolute atomic E-state index is 0.0514. The van der Waals surface area contributed by atoms with Gasteiger partial charge in [-0.3, -0.25) is 9.59 Å². The molecule has 2 aromatic carbocycles. The highest BCUT2D eigenvalue weighted by molar-refractivity contribution is 5.97. The first-order valence-corrected chi connectivity index (χ1v) is 8.65. The number of amides is 2. The van der Waals surface area contributed by atoms with Crippen LogP contribution in [0, 0.1) is 0 Å². The summed E-state index contributed by atoms with van der Waals surface area (Å²) >= 11 is 0. The lowest BCUT2D eigenvalue weighted by Crippen LogP contribution is -2.41. The van der Waals surface area contributed by atoms with Gasteiger partial charge in [-0.1, -0.05) is 43.0 Å². The number of carbonyl (C=O) groups excluding carboxylic acids is 2. The van der Waals surface area contributed by atoms with E-state index in [2.05, 4.69) is 6.58 Å². The van der Waals surface area contributed by atoms with Gasteiger partial charge in [0, 0.05) is 25.9 Å². The monoisotopic (exact) mass is 350 g/mol. The molecule has 1 aliphatic rings. The molecule has 5 nitrogen and oxygen atoms in total. The number of carbonyl (C=O) groups is 2. The van der Waals surface area contributed by atoms with Gasteiger partial charge in [0.05, 0.1) is 5.56 Å². The van der Waals surface area contributed by atoms with Crippen LogP contribution in [0.1, 0.15) is 23.2 Å². The smallest absolute Gasteiger partial charge is 0.252 e. The molecule has 0 atom stereocenters. The van der Waals surface area contributed by atoms with Gasteiger partial charge in [0.2, 0.25) is 5.91 Å². The van der Waals surface area contributed by atoms with Crippen molar-refractivity contribution >= 4 is 11.8 Å². The van der Waals surface area contributed by atoms with Gasteiger partial charge in [-0.2, -0.15) is 0 Å². The quantitative estimate of drug-likeness (QED) is 0.843. The third kappa shape index (κ3) is 3.94. The van der Waals surface area contributed by atoms with E-state index < -0.39 is 5.91 Å². The van der Waals surface area contributed by atoms with Crippen molar-refractivity contribution in [2.75, 3.05) is 13.1 Å². The fourth-order valence-electron chi connectivity index (χ4n) is 3.14. The highest BCUT2D eigenvalue weighted by atomic mass is 16.5. The molecule has 0 bridgehead atoms. The summed E-state index contributed by atoms with van der Waals surface area (Å²) in [6.45, 7) is 4.74. The maximum absolute atomic E-state index is 11.9. The van der Waals surface area contributed by atoms with Crippen molar-refractivity contribution in [2.24, 2.45) is 5.73 Å². The number of hydrogen-bond acceptors (Lipinski definition) is 3. The first-order valence-electron chi connectivity index (χ1n) is 8.65. The van der Waals surface area contributed by atoms with Crippen LogP contribution >= 0.6 is 0 Å². The first kappa shape index (κ1) is 17.7. The zero-order valence-corrected chi connectivity index (χ0v) is 14.6. The number of piperidine rings is 1. The molecule has 2 N–H and O–H groups in total. The van der Waals surface area contributed by atoms with Crippen molar-refractivity contribution < 1.29 is 14.3 Å². The van der Waals surface area contributed by atoms with Gasteiger partial charge in [-0.05, 0) is 29.3 Å². The van der Waals surface area contributed by atoms with Crippen molar-refractivity contribution in [2.45, 2.75) is 18.9 Å². The Morgan fingerprint density at radius 3 is 2.38 bits per heavy atom. The molecule has 1 aliphatic heterocycles. The number of benzene rings is 2. The standard InChI is InChI=1S/C21H22N2O3/c1-2-20(24)23-12-10-17(11-13-23)26-19-9-8-16(14-18(19)21(22)25)15-6-4-3-5-7-15/h2-9,14,17H,1,10-13H2,(H2,22,25). The van der Waals surface area contributed by atoms with E-state index >= 15 is 0 Å². The highest BCUT2D eigenvalue weighted by Gasteiger charge is 2.24. The maximum Gasteiger partial charge on any atom is 0.252 e. The van der Waals surface area contributed by atoms with Crippen molar-refractivity contribution in [3.63, 3.8) is 0 Å². The fourth-order valence-corrected chi connectivity index (χ4v) is 3.14. The minimum Gasteiger partial charge on any atom is -0.489 e. The van der Waals surface area contributed by atoms with Gasteiger partial charge in [0.15, 0.2) is 0 Å². The number of nitrogens with two attached hydrogens (primary N) is 1. The molecule has 1 fully saturated rings. The molecule has 3 rings (SSSR count). The number of ether oxygens (including phenoxy) is 1. The summed E-state index contributed by atoms with van der Waals surface area (Å²) in [5.74, 6) is -0.0868. The Morgan fingerprint density at radius 1 is 1.08 bits per heavy atom. The van der Waals surface area contributed by atoms with E-state index in [0.29, 0.717) is 37.2 Å². The van der Waals surface area contributed by atoms with Crippen LogP contribution in [0.15, 0.2) is 61.2 Å². The molecule has 2 aromatic rings. The van der Waals surface area contributed by atoms with Gasteiger partial charge in [0.1, 0.15) is 11.9 Å². The Kier molecular flexibility index (Phi) is 5.37. The third-order valence-electron chi connectivity index (χ3n) is 4.57. The Morgan fingerprint density at radius 2 is 1.77 bits per heavy atom. The summed E-state index contributed by atoms with van der Waals surface area (Å²) in [6, 6.07) is 15.3. The number of primary amides is 1. The molecular formula is C21H22N2O3. The average Bonchev–Trinajstić information content (AvgIpc) is 2.68. The Balaban J connectivity index is 1.75. The molecule has 2 amide bonds. The van der Waals surface area contributed by atoms with Crippen LogP contribution in [0.4, 0.5) is 0 Å². The van der Waals surface area contributed by atoms with Crippen LogP contribution in [0.3, 0.4) is 0 Å². The van der Waals surface area contributed by atoms with E-state index in [9.17, 15) is 9.59 Å². The second-order valence-electron chi connectivity index (χ2n) is 6.29. The van der Waals surface area contributed by atoms with E-state index in [-0.39, 0.29) is 12.0 Å². The zero-order valence-electron chi connectivity index (χ0n) is 14.6. The van der Waals surface area contributed by atoms with E-state index in [0.717, 1.165) is 11.1 Å². The SMILES string of the molecule is C=CC(=O)N1CCC(Oc2ccc(-c3ccccc3)cc2C(N)=O)CC1. The van der Waals surface area contributed by atoms with Crippen LogP contribution < -0.4 is 10.5 Å². The van der Waals surface area contributed by atoms with Gasteiger partial charge in [-0.15, -0.1) is 0 Å². The fraction of sp³-hybridized carbons (Fsp3) is 0.238. The number of nitrogens with zero attached hydrogens (tertiary/aromatic N) is 1. The van der Waals surface area contributed by atoms with Crippen LogP contribution in [0.5, 0.6) is 5.75 Å². The van der Waals surface area contributed by atoms with Gasteiger partial charge < -0.3 is 15.4 Å². The van der Waals surface area contributed by atoms with Gasteiger partial charge in [-0.25, -0.2) is 0 Å². The molecule has 5 heteroatoms. The molecule has 0 spiro atoms. The van der Waals surface area contributed by atoms with Gasteiger partial charge in [0.25, 0.3) is 5.91 Å². The second kappa shape index (κ2) is 7.87. The molecule has 0 aromatic heterocycles. The summed E-state index contributed by atoms with van der Waals surface area (Å²) in [5, 5.41) is 0. The van der Waals surface area contributed by atoms with Crippen molar-refractivity contribution in [3.8, 4) is 16.9 Å². The maximum atomic E-state index is 11.9. The first-order chi connectivity index (χ1) is 12.6. The zero-order chi connectivity index (χ0) is 18.5. The highest BCUT2D eigenvalue weighted by Crippen LogP contribution is 2.28. The van der Waals surface area contributed by atoms with Crippen molar-refractivity contribution in [3.05, 3.63) is 66.7 Å². The van der Waals surface area contributed by atoms with Crippen LogP contribution in [0.2, 0.25) is 0 Å². The largest absolute Gasteiger partial charge is 0.489 e. The molecule has 26 heavy (non-hydrogen) atoms. The lowest BCUT2D eigenvalue weighted by atomic mass is 10.0. The van der Waals surface area contributed by atoms with E-state index in [1.165, 1.54) is 6.08 Å². The Hall–Kier alpha value is -3.08. The third-order valence-corrected chi connectivity index (χ3v) is 4.57. The summed E-state index contributed by atoms with van der Waals surface area (Å²) in [4.78, 5) is 25.3. The predicted octanol–water partition coefficient (Wildman–Crippen LogP) is 3.01. The second-order valence-corrected chi connectivity index (χ2v) is 6.29. The molecule has 0 saturated carbocycles. The Labute approximate surface area is 153 Å². The predicted molar refractivity (Wildman–Crippen MR) is 101 cm³/mol. The summed E-state index contributed by atoms with van der Waals surface area (Å²) < 4.78 is 6.04. The molecule has 134 valence electrons. The van der Waals surface area contributed by atoms with E-state index in [1.54, 1.807) is 17.0 Å². The summed E-state index contributed by atoms with van der Waals surface area (Å²) in [7, 11) is 0. The summed E-state index contributed by atoms with van der Waals surface area (Å²) in [5.41, 5.74) is 7.86. The molecule has 0 aliphatic carbocycles.